The molecule has 0 bridgehead atoms. The molecule has 1 atom stereocenters. The first-order valence-electron chi connectivity index (χ1n) is 8.48. The van der Waals surface area contributed by atoms with Gasteiger partial charge < -0.3 is 19.5 Å². The van der Waals surface area contributed by atoms with Gasteiger partial charge in [0.05, 0.1) is 44.0 Å². The topological polar surface area (TPSA) is 94.2 Å². The standard InChI is InChI=1S/C19H23ClN2O6S/c1-12(22(29(5,24)25)13-7-6-8-14(9-13)26-2)19(23)21-16-11-17(27-3)15(20)10-18(16)28-4/h6-12H,1-5H3,(H,21,23). The molecule has 0 saturated carbocycles. The molecule has 0 aliphatic carbocycles. The summed E-state index contributed by atoms with van der Waals surface area (Å²) in [6, 6.07) is 8.38. The second-order valence-corrected chi connectivity index (χ2v) is 8.38. The van der Waals surface area contributed by atoms with E-state index in [4.69, 9.17) is 25.8 Å². The van der Waals surface area contributed by atoms with Gasteiger partial charge in [0, 0.05) is 18.2 Å². The van der Waals surface area contributed by atoms with Crippen LogP contribution in [-0.4, -0.2) is 48.0 Å². The van der Waals surface area contributed by atoms with Crippen molar-refractivity contribution in [3.05, 3.63) is 41.4 Å². The summed E-state index contributed by atoms with van der Waals surface area (Å²) in [5.74, 6) is 0.542. The molecule has 0 aliphatic heterocycles. The number of carbonyl (C=O) groups is 1. The fraction of sp³-hybridized carbons (Fsp3) is 0.316. The summed E-state index contributed by atoms with van der Waals surface area (Å²) >= 11 is 6.08. The Balaban J connectivity index is 2.40. The lowest BCUT2D eigenvalue weighted by atomic mass is 10.2. The van der Waals surface area contributed by atoms with E-state index in [1.165, 1.54) is 46.5 Å². The van der Waals surface area contributed by atoms with E-state index in [1.807, 2.05) is 0 Å². The second kappa shape index (κ2) is 9.23. The van der Waals surface area contributed by atoms with Gasteiger partial charge in [-0.15, -0.1) is 0 Å². The Labute approximate surface area is 175 Å². The number of benzene rings is 2. The van der Waals surface area contributed by atoms with E-state index in [2.05, 4.69) is 5.32 Å². The van der Waals surface area contributed by atoms with Gasteiger partial charge in [-0.1, -0.05) is 17.7 Å². The van der Waals surface area contributed by atoms with Crippen molar-refractivity contribution in [1.29, 1.82) is 0 Å². The minimum absolute atomic E-state index is 0.296. The SMILES string of the molecule is COc1cccc(N(C(C)C(=O)Nc2cc(OC)c(Cl)cc2OC)S(C)(=O)=O)c1. The third-order valence-corrected chi connectivity index (χ3v) is 5.67. The molecule has 0 heterocycles. The average molecular weight is 443 g/mol. The Bertz CT molecular complexity index is 996. The highest BCUT2D eigenvalue weighted by Gasteiger charge is 2.30. The lowest BCUT2D eigenvalue weighted by Crippen LogP contribution is -2.45. The smallest absolute Gasteiger partial charge is 0.248 e. The third kappa shape index (κ3) is 5.24. The number of carbonyl (C=O) groups excluding carboxylic acids is 1. The monoisotopic (exact) mass is 442 g/mol. The Morgan fingerprint density at radius 3 is 2.28 bits per heavy atom. The van der Waals surface area contributed by atoms with E-state index in [0.717, 1.165) is 10.6 Å². The third-order valence-electron chi connectivity index (χ3n) is 4.13. The molecule has 0 aromatic heterocycles. The van der Waals surface area contributed by atoms with Crippen LogP contribution in [0.4, 0.5) is 11.4 Å². The predicted octanol–water partition coefficient (Wildman–Crippen LogP) is 3.16. The molecule has 0 radical (unpaired) electrons. The van der Waals surface area contributed by atoms with Crippen LogP contribution in [-0.2, 0) is 14.8 Å². The van der Waals surface area contributed by atoms with E-state index < -0.39 is 22.0 Å². The zero-order valence-corrected chi connectivity index (χ0v) is 18.3. The highest BCUT2D eigenvalue weighted by atomic mass is 35.5. The van der Waals surface area contributed by atoms with Crippen molar-refractivity contribution in [2.75, 3.05) is 37.2 Å². The normalized spacial score (nSPS) is 12.1. The van der Waals surface area contributed by atoms with Crippen molar-refractivity contribution in [3.63, 3.8) is 0 Å². The van der Waals surface area contributed by atoms with E-state index >= 15 is 0 Å². The van der Waals surface area contributed by atoms with Gasteiger partial charge in [0.15, 0.2) is 0 Å². The van der Waals surface area contributed by atoms with Crippen LogP contribution in [0.3, 0.4) is 0 Å². The number of ether oxygens (including phenoxy) is 3. The number of amides is 1. The van der Waals surface area contributed by atoms with Crippen molar-refractivity contribution in [2.45, 2.75) is 13.0 Å². The molecule has 0 aliphatic rings. The number of hydrogen-bond acceptors (Lipinski definition) is 6. The number of anilines is 2. The molecule has 2 rings (SSSR count). The lowest BCUT2D eigenvalue weighted by Gasteiger charge is -2.28. The van der Waals surface area contributed by atoms with Crippen molar-refractivity contribution >= 4 is 38.9 Å². The number of methoxy groups -OCH3 is 3. The van der Waals surface area contributed by atoms with Gasteiger partial charge >= 0.3 is 0 Å². The molecule has 0 spiro atoms. The first-order valence-corrected chi connectivity index (χ1v) is 10.7. The van der Waals surface area contributed by atoms with Gasteiger partial charge in [-0.2, -0.15) is 0 Å². The summed E-state index contributed by atoms with van der Waals surface area (Å²) in [6.45, 7) is 1.48. The summed E-state index contributed by atoms with van der Waals surface area (Å²) in [6.07, 6.45) is 1.03. The Morgan fingerprint density at radius 2 is 1.72 bits per heavy atom. The first kappa shape index (κ1) is 22.6. The first-order chi connectivity index (χ1) is 13.6. The van der Waals surface area contributed by atoms with Gasteiger partial charge in [-0.3, -0.25) is 9.10 Å². The average Bonchev–Trinajstić information content (AvgIpc) is 2.67. The largest absolute Gasteiger partial charge is 0.497 e. The van der Waals surface area contributed by atoms with Crippen LogP contribution in [0.2, 0.25) is 5.02 Å². The molecule has 8 nitrogen and oxygen atoms in total. The summed E-state index contributed by atoms with van der Waals surface area (Å²) < 4.78 is 41.5. The summed E-state index contributed by atoms with van der Waals surface area (Å²) in [7, 11) is 0.565. The fourth-order valence-corrected chi connectivity index (χ4v) is 4.15. The highest BCUT2D eigenvalue weighted by Crippen LogP contribution is 2.36. The predicted molar refractivity (Wildman–Crippen MR) is 113 cm³/mol. The van der Waals surface area contributed by atoms with Gasteiger partial charge in [0.25, 0.3) is 0 Å². The highest BCUT2D eigenvalue weighted by molar-refractivity contribution is 7.92. The lowest BCUT2D eigenvalue weighted by molar-refractivity contribution is -0.116. The minimum atomic E-state index is -3.77. The molecule has 2 aromatic rings. The Kier molecular flexibility index (Phi) is 7.21. The maximum absolute atomic E-state index is 12.9. The fourth-order valence-electron chi connectivity index (χ4n) is 2.75. The summed E-state index contributed by atoms with van der Waals surface area (Å²) in [5, 5.41) is 2.98. The number of sulfonamides is 1. The number of nitrogens with zero attached hydrogens (tertiary/aromatic N) is 1. The number of halogens is 1. The van der Waals surface area contributed by atoms with Crippen LogP contribution in [0.5, 0.6) is 17.2 Å². The van der Waals surface area contributed by atoms with E-state index in [0.29, 0.717) is 33.6 Å². The molecule has 1 N–H and O–H groups in total. The number of rotatable bonds is 8. The maximum atomic E-state index is 12.9. The van der Waals surface area contributed by atoms with E-state index in [1.54, 1.807) is 18.2 Å². The van der Waals surface area contributed by atoms with Crippen molar-refractivity contribution in [1.82, 2.24) is 0 Å². The molecule has 0 saturated heterocycles. The molecule has 158 valence electrons. The van der Waals surface area contributed by atoms with Crippen LogP contribution in [0.15, 0.2) is 36.4 Å². The molecular formula is C19H23ClN2O6S. The quantitative estimate of drug-likeness (QED) is 0.674. The Morgan fingerprint density at radius 1 is 1.07 bits per heavy atom. The maximum Gasteiger partial charge on any atom is 0.248 e. The molecule has 1 unspecified atom stereocenters. The van der Waals surface area contributed by atoms with Crippen molar-refractivity contribution in [3.8, 4) is 17.2 Å². The minimum Gasteiger partial charge on any atom is -0.497 e. The van der Waals surface area contributed by atoms with Crippen LogP contribution >= 0.6 is 11.6 Å². The van der Waals surface area contributed by atoms with Gasteiger partial charge in [-0.05, 0) is 19.1 Å². The van der Waals surface area contributed by atoms with E-state index in [9.17, 15) is 13.2 Å². The molecule has 29 heavy (non-hydrogen) atoms. The summed E-state index contributed by atoms with van der Waals surface area (Å²) in [5.41, 5.74) is 0.597. The molecule has 1 amide bonds. The summed E-state index contributed by atoms with van der Waals surface area (Å²) in [4.78, 5) is 12.9. The van der Waals surface area contributed by atoms with Crippen LogP contribution in [0, 0.1) is 0 Å². The van der Waals surface area contributed by atoms with Crippen LogP contribution < -0.4 is 23.8 Å². The zero-order valence-electron chi connectivity index (χ0n) is 16.7. The van der Waals surface area contributed by atoms with Crippen molar-refractivity contribution < 1.29 is 27.4 Å². The zero-order chi connectivity index (χ0) is 21.8. The molecular weight excluding hydrogens is 420 g/mol. The van der Waals surface area contributed by atoms with Gasteiger partial charge in [0.1, 0.15) is 23.3 Å². The van der Waals surface area contributed by atoms with Gasteiger partial charge in [0.2, 0.25) is 15.9 Å². The molecule has 10 heteroatoms. The molecule has 0 fully saturated rings. The Hall–Kier alpha value is -2.65. The van der Waals surface area contributed by atoms with Crippen LogP contribution in [0.1, 0.15) is 6.92 Å². The van der Waals surface area contributed by atoms with Gasteiger partial charge in [-0.25, -0.2) is 8.42 Å². The second-order valence-electron chi connectivity index (χ2n) is 6.11. The van der Waals surface area contributed by atoms with E-state index in [-0.39, 0.29) is 0 Å². The van der Waals surface area contributed by atoms with Crippen LogP contribution in [0.25, 0.3) is 0 Å². The number of nitrogens with one attached hydrogen (secondary N) is 1. The molecule has 2 aromatic carbocycles. The van der Waals surface area contributed by atoms with Crippen molar-refractivity contribution in [2.24, 2.45) is 0 Å². The number of hydrogen-bond donors (Lipinski definition) is 1.